The van der Waals surface area contributed by atoms with E-state index in [1.54, 1.807) is 0 Å². The maximum Gasteiger partial charge on any atom is 0.0730 e. The molecule has 1 aromatic carbocycles. The maximum absolute atomic E-state index is 10.7. The third-order valence-corrected chi connectivity index (χ3v) is 6.63. The van der Waals surface area contributed by atoms with Crippen LogP contribution >= 0.6 is 0 Å². The van der Waals surface area contributed by atoms with Gasteiger partial charge in [0.25, 0.3) is 0 Å². The Bertz CT molecular complexity index is 533. The van der Waals surface area contributed by atoms with E-state index in [-0.39, 0.29) is 24.3 Å². The molecule has 106 valence electrons. The maximum atomic E-state index is 10.7. The fourth-order valence-corrected chi connectivity index (χ4v) is 6.04. The van der Waals surface area contributed by atoms with Crippen molar-refractivity contribution in [2.75, 3.05) is 0 Å². The van der Waals surface area contributed by atoms with Crippen LogP contribution in [0.1, 0.15) is 18.4 Å². The van der Waals surface area contributed by atoms with Crippen molar-refractivity contribution in [1.29, 1.82) is 0 Å². The zero-order valence-corrected chi connectivity index (χ0v) is 11.5. The van der Waals surface area contributed by atoms with Gasteiger partial charge in [-0.25, -0.2) is 0 Å². The number of nitrogens with zero attached hydrogens (tertiary/aromatic N) is 1. The van der Waals surface area contributed by atoms with Crippen molar-refractivity contribution in [2.45, 2.75) is 43.7 Å². The first-order valence-electron chi connectivity index (χ1n) is 7.91. The van der Waals surface area contributed by atoms with Crippen LogP contribution in [0.2, 0.25) is 0 Å². The average Bonchev–Trinajstić information content (AvgIpc) is 3.06. The topological polar surface area (TPSA) is 43.7 Å². The summed E-state index contributed by atoms with van der Waals surface area (Å²) in [6.45, 7) is 0.868. The van der Waals surface area contributed by atoms with Crippen LogP contribution in [0.5, 0.6) is 0 Å². The molecule has 4 fully saturated rings. The van der Waals surface area contributed by atoms with Crippen molar-refractivity contribution in [2.24, 2.45) is 23.7 Å². The summed E-state index contributed by atoms with van der Waals surface area (Å²) in [4.78, 5) is 2.43. The van der Waals surface area contributed by atoms with Crippen molar-refractivity contribution in [1.82, 2.24) is 4.90 Å². The summed E-state index contributed by atoms with van der Waals surface area (Å²) in [5.41, 5.74) is 1.29. The second-order valence-corrected chi connectivity index (χ2v) is 7.24. The van der Waals surface area contributed by atoms with E-state index in [1.807, 2.05) is 6.07 Å². The number of rotatable bonds is 2. The predicted octanol–water partition coefficient (Wildman–Crippen LogP) is 1.25. The quantitative estimate of drug-likeness (QED) is 0.851. The van der Waals surface area contributed by atoms with Crippen LogP contribution in [0, 0.1) is 23.7 Å². The lowest BCUT2D eigenvalue weighted by Gasteiger charge is -2.45. The highest BCUT2D eigenvalue weighted by Gasteiger charge is 2.69. The van der Waals surface area contributed by atoms with E-state index in [0.29, 0.717) is 23.7 Å². The van der Waals surface area contributed by atoms with Gasteiger partial charge in [-0.2, -0.15) is 0 Å². The molecular weight excluding hydrogens is 250 g/mol. The molecule has 0 aromatic heterocycles. The number of likely N-dealkylation sites (tertiary alicyclic amines) is 1. The van der Waals surface area contributed by atoms with Gasteiger partial charge in [-0.15, -0.1) is 0 Å². The lowest BCUT2D eigenvalue weighted by molar-refractivity contribution is -0.0448. The van der Waals surface area contributed by atoms with Gasteiger partial charge < -0.3 is 10.2 Å². The third-order valence-electron chi connectivity index (χ3n) is 6.63. The Kier molecular flexibility index (Phi) is 2.25. The van der Waals surface area contributed by atoms with Gasteiger partial charge in [0.05, 0.1) is 12.2 Å². The average molecular weight is 271 g/mol. The van der Waals surface area contributed by atoms with Crippen molar-refractivity contribution >= 4 is 0 Å². The monoisotopic (exact) mass is 271 g/mol. The summed E-state index contributed by atoms with van der Waals surface area (Å²) in [6, 6.07) is 11.0. The summed E-state index contributed by atoms with van der Waals surface area (Å²) in [5.74, 6) is 2.03. The zero-order chi connectivity index (χ0) is 13.4. The van der Waals surface area contributed by atoms with Crippen LogP contribution in [-0.4, -0.2) is 39.4 Å². The minimum atomic E-state index is -0.221. The van der Waals surface area contributed by atoms with Gasteiger partial charge in [0.15, 0.2) is 0 Å². The molecule has 3 aliphatic carbocycles. The van der Waals surface area contributed by atoms with E-state index in [4.69, 9.17) is 0 Å². The van der Waals surface area contributed by atoms with Gasteiger partial charge in [-0.05, 0) is 42.1 Å². The predicted molar refractivity (Wildman–Crippen MR) is 74.8 cm³/mol. The Labute approximate surface area is 119 Å². The van der Waals surface area contributed by atoms with E-state index < -0.39 is 0 Å². The van der Waals surface area contributed by atoms with Gasteiger partial charge in [-0.3, -0.25) is 4.90 Å². The van der Waals surface area contributed by atoms with E-state index in [2.05, 4.69) is 29.2 Å². The van der Waals surface area contributed by atoms with E-state index in [0.717, 1.165) is 19.4 Å². The molecule has 0 radical (unpaired) electrons. The Morgan fingerprint density at radius 3 is 2.55 bits per heavy atom. The lowest BCUT2D eigenvalue weighted by Crippen LogP contribution is -2.55. The lowest BCUT2D eigenvalue weighted by atomic mass is 9.76. The summed E-state index contributed by atoms with van der Waals surface area (Å²) < 4.78 is 0. The number of fused-ring (bicyclic) bond motifs is 3. The normalized spacial score (nSPS) is 52.1. The van der Waals surface area contributed by atoms with E-state index >= 15 is 0 Å². The molecule has 2 N–H and O–H groups in total. The SMILES string of the molecule is O[C@@H]1[C@H]2[C@@H]3C[C@H]1N(Cc1ccccc1)[C@H]1[C@@H](O)[C@@H]2C[C@@H]31. The molecule has 3 saturated carbocycles. The van der Waals surface area contributed by atoms with Gasteiger partial charge in [0.2, 0.25) is 0 Å². The van der Waals surface area contributed by atoms with Gasteiger partial charge in [0, 0.05) is 18.6 Å². The Morgan fingerprint density at radius 2 is 1.75 bits per heavy atom. The number of piperidine rings is 1. The van der Waals surface area contributed by atoms with E-state index in [9.17, 15) is 10.2 Å². The molecule has 1 aromatic rings. The van der Waals surface area contributed by atoms with Crippen LogP contribution in [-0.2, 0) is 6.54 Å². The summed E-state index contributed by atoms with van der Waals surface area (Å²) in [7, 11) is 0. The van der Waals surface area contributed by atoms with Crippen molar-refractivity contribution in [3.05, 3.63) is 35.9 Å². The Balaban J connectivity index is 1.53. The zero-order valence-electron chi connectivity index (χ0n) is 11.5. The van der Waals surface area contributed by atoms with Crippen LogP contribution in [0.15, 0.2) is 30.3 Å². The Hall–Kier alpha value is -0.900. The van der Waals surface area contributed by atoms with Crippen molar-refractivity contribution < 1.29 is 10.2 Å². The third kappa shape index (κ3) is 1.27. The molecular formula is C17H21NO2. The highest BCUT2D eigenvalue weighted by molar-refractivity contribution is 5.23. The Morgan fingerprint density at radius 1 is 0.950 bits per heavy atom. The van der Waals surface area contributed by atoms with Crippen LogP contribution < -0.4 is 0 Å². The smallest absolute Gasteiger partial charge is 0.0730 e. The highest BCUT2D eigenvalue weighted by Crippen LogP contribution is 2.64. The number of aliphatic hydroxyl groups is 2. The molecule has 4 aliphatic rings. The van der Waals surface area contributed by atoms with Crippen LogP contribution in [0.25, 0.3) is 0 Å². The highest BCUT2D eigenvalue weighted by atomic mass is 16.3. The molecule has 1 heterocycles. The molecule has 3 nitrogen and oxygen atoms in total. The number of hydrogen-bond acceptors (Lipinski definition) is 3. The molecule has 8 atom stereocenters. The second kappa shape index (κ2) is 3.85. The van der Waals surface area contributed by atoms with Crippen LogP contribution in [0.4, 0.5) is 0 Å². The molecule has 20 heavy (non-hydrogen) atoms. The molecule has 0 amide bonds. The molecule has 4 bridgehead atoms. The van der Waals surface area contributed by atoms with Gasteiger partial charge in [-0.1, -0.05) is 30.3 Å². The standard InChI is InChI=1S/C17H21NO2/c19-16-12-6-11-10-7-13(17(20)14(10)12)18(15(11)16)8-9-4-2-1-3-5-9/h1-5,10-17,19-20H,6-8H2/t10-,11+,12-,13-,14+,15-,16+,17+/m1/s1. The summed E-state index contributed by atoms with van der Waals surface area (Å²) in [5, 5.41) is 21.3. The first-order valence-corrected chi connectivity index (χ1v) is 7.91. The fraction of sp³-hybridized carbons (Fsp3) is 0.647. The summed E-state index contributed by atoms with van der Waals surface area (Å²) >= 11 is 0. The molecule has 1 saturated heterocycles. The molecule has 3 heteroatoms. The van der Waals surface area contributed by atoms with Crippen molar-refractivity contribution in [3.63, 3.8) is 0 Å². The first kappa shape index (κ1) is 11.7. The number of benzene rings is 1. The number of hydrogen-bond donors (Lipinski definition) is 2. The molecule has 5 rings (SSSR count). The van der Waals surface area contributed by atoms with Gasteiger partial charge >= 0.3 is 0 Å². The largest absolute Gasteiger partial charge is 0.391 e. The first-order chi connectivity index (χ1) is 9.75. The fourth-order valence-electron chi connectivity index (χ4n) is 6.04. The van der Waals surface area contributed by atoms with Crippen molar-refractivity contribution in [3.8, 4) is 0 Å². The van der Waals surface area contributed by atoms with E-state index in [1.165, 1.54) is 5.56 Å². The molecule has 0 spiro atoms. The second-order valence-electron chi connectivity index (χ2n) is 7.24. The van der Waals surface area contributed by atoms with Gasteiger partial charge in [0.1, 0.15) is 0 Å². The minimum absolute atomic E-state index is 0.218. The minimum Gasteiger partial charge on any atom is -0.391 e. The number of aliphatic hydroxyl groups excluding tert-OH is 2. The van der Waals surface area contributed by atoms with Crippen LogP contribution in [0.3, 0.4) is 0 Å². The molecule has 0 unspecified atom stereocenters. The summed E-state index contributed by atoms with van der Waals surface area (Å²) in [6.07, 6.45) is 1.84. The molecule has 1 aliphatic heterocycles.